The van der Waals surface area contributed by atoms with E-state index in [2.05, 4.69) is 9.28 Å². The second-order valence-corrected chi connectivity index (χ2v) is 3.88. The molecule has 0 aliphatic heterocycles. The lowest BCUT2D eigenvalue weighted by Gasteiger charge is -1.70. The first-order chi connectivity index (χ1) is 3.00. The minimum Gasteiger partial charge on any atom is -0.311 e. The van der Waals surface area contributed by atoms with Crippen LogP contribution >= 0.6 is 0 Å². The topological polar surface area (TPSA) is 25.8 Å². The van der Waals surface area contributed by atoms with Crippen molar-refractivity contribution >= 4 is 17.6 Å². The minimum absolute atomic E-state index is 0.360. The summed E-state index contributed by atoms with van der Waals surface area (Å²) < 4.78 is 8.05. The molecule has 1 rings (SSSR count). The molecule has 4 heteroatoms. The van der Waals surface area contributed by atoms with Crippen molar-refractivity contribution in [2.75, 3.05) is 0 Å². The Labute approximate surface area is 40.1 Å². The van der Waals surface area contributed by atoms with Crippen molar-refractivity contribution in [3.05, 3.63) is 12.4 Å². The first-order valence-electron chi connectivity index (χ1n) is 1.70. The van der Waals surface area contributed by atoms with Crippen molar-refractivity contribution in [3.63, 3.8) is 0 Å². The van der Waals surface area contributed by atoms with Crippen molar-refractivity contribution in [1.29, 1.82) is 0 Å². The lowest BCUT2D eigenvalue weighted by molar-refractivity contribution is 1.42. The van der Waals surface area contributed by atoms with Gasteiger partial charge in [-0.1, -0.05) is 0 Å². The molecule has 0 radical (unpaired) electrons. The summed E-state index contributed by atoms with van der Waals surface area (Å²) in [5, 5.41) is 0. The third-order valence-corrected chi connectivity index (χ3v) is 2.73. The monoisotopic (exact) mass is 112 g/mol. The van der Waals surface area contributed by atoms with Crippen LogP contribution in [-0.4, -0.2) is 26.9 Å². The van der Waals surface area contributed by atoms with E-state index in [0.717, 1.165) is 0 Å². The van der Waals surface area contributed by atoms with E-state index in [1.54, 1.807) is 12.4 Å². The maximum Gasteiger partial charge on any atom is 0.138 e. The summed E-state index contributed by atoms with van der Waals surface area (Å²) >= 11 is 0. The standard InChI is InChI=1S/C2H4N2Si2/c1-2-4-6-5-3-1/h1-2,5-6H. The second-order valence-electron chi connectivity index (χ2n) is 0.894. The molecule has 0 N–H and O–H groups in total. The fourth-order valence-electron chi connectivity index (χ4n) is 0.253. The Bertz CT molecular complexity index is 81.5. The molecule has 1 heterocycles. The number of nitrogens with zero attached hydrogens (tertiary/aromatic N) is 2. The molecule has 0 aromatic carbocycles. The van der Waals surface area contributed by atoms with Crippen LogP contribution in [0.15, 0.2) is 12.4 Å². The first kappa shape index (κ1) is 3.95. The molecule has 0 bridgehead atoms. The van der Waals surface area contributed by atoms with Gasteiger partial charge in [0.2, 0.25) is 0 Å². The minimum atomic E-state index is 0.360. The van der Waals surface area contributed by atoms with Gasteiger partial charge in [0.05, 0.1) is 0 Å². The van der Waals surface area contributed by atoms with Crippen LogP contribution in [0.4, 0.5) is 0 Å². The predicted octanol–water partition coefficient (Wildman–Crippen LogP) is -1.38. The fraction of sp³-hybridized carbons (Fsp3) is 0. The van der Waals surface area contributed by atoms with Gasteiger partial charge in [0, 0.05) is 12.4 Å². The smallest absolute Gasteiger partial charge is 0.138 e. The molecule has 0 aliphatic carbocycles. The summed E-state index contributed by atoms with van der Waals surface area (Å²) in [5.41, 5.74) is 0. The summed E-state index contributed by atoms with van der Waals surface area (Å²) in [6, 6.07) is 0. The summed E-state index contributed by atoms with van der Waals surface area (Å²) in [7, 11) is 0.720. The van der Waals surface area contributed by atoms with E-state index in [1.807, 2.05) is 0 Å². The Morgan fingerprint density at radius 2 is 1.50 bits per heavy atom. The maximum absolute atomic E-state index is 4.02. The molecule has 2 nitrogen and oxygen atoms in total. The zero-order valence-corrected chi connectivity index (χ0v) is 5.51. The van der Waals surface area contributed by atoms with Crippen molar-refractivity contribution in [2.45, 2.75) is 0 Å². The van der Waals surface area contributed by atoms with Crippen LogP contribution in [0.3, 0.4) is 0 Å². The summed E-state index contributed by atoms with van der Waals surface area (Å²) in [4.78, 5) is 0. The fourth-order valence-corrected chi connectivity index (χ4v) is 1.82. The van der Waals surface area contributed by atoms with Crippen LogP contribution in [0.25, 0.3) is 0 Å². The third-order valence-electron chi connectivity index (χ3n) is 0.478. The van der Waals surface area contributed by atoms with E-state index in [9.17, 15) is 0 Å². The highest BCUT2D eigenvalue weighted by Crippen LogP contribution is 1.52. The molecule has 30 valence electrons. The lowest BCUT2D eigenvalue weighted by atomic mass is 11.0. The largest absolute Gasteiger partial charge is 0.311 e. The van der Waals surface area contributed by atoms with Crippen LogP contribution in [0.2, 0.25) is 0 Å². The predicted molar refractivity (Wildman–Crippen MR) is 27.5 cm³/mol. The van der Waals surface area contributed by atoms with Gasteiger partial charge in [0.15, 0.2) is 0 Å². The first-order valence-corrected chi connectivity index (χ1v) is 5.40. The van der Waals surface area contributed by atoms with E-state index in [1.165, 1.54) is 0 Å². The lowest BCUT2D eigenvalue weighted by Crippen LogP contribution is -1.87. The Morgan fingerprint density at radius 3 is 1.67 bits per heavy atom. The van der Waals surface area contributed by atoms with E-state index in [-0.39, 0.29) is 0 Å². The van der Waals surface area contributed by atoms with Gasteiger partial charge in [-0.15, -0.1) is 0 Å². The van der Waals surface area contributed by atoms with Gasteiger partial charge in [0.25, 0.3) is 0 Å². The third kappa shape index (κ3) is 0.871. The van der Waals surface area contributed by atoms with Gasteiger partial charge in [-0.25, -0.2) is 0 Å². The van der Waals surface area contributed by atoms with Gasteiger partial charge >= 0.3 is 0 Å². The highest BCUT2D eigenvalue weighted by atomic mass is 28.9. The van der Waals surface area contributed by atoms with Gasteiger partial charge in [-0.3, -0.25) is 0 Å². The Kier molecular flexibility index (Phi) is 1.34. The van der Waals surface area contributed by atoms with Crippen molar-refractivity contribution in [1.82, 2.24) is 9.28 Å². The maximum atomic E-state index is 4.02. The van der Waals surface area contributed by atoms with Gasteiger partial charge < -0.3 is 9.28 Å². The molecule has 0 amide bonds. The summed E-state index contributed by atoms with van der Waals surface area (Å²) in [6.07, 6.45) is 3.57. The number of aromatic nitrogens is 2. The SMILES string of the molecule is c1cn[siH][siH]n1. The van der Waals surface area contributed by atoms with Crippen molar-refractivity contribution < 1.29 is 0 Å². The van der Waals surface area contributed by atoms with Crippen LogP contribution in [-0.2, 0) is 0 Å². The number of hydrogen-bond donors (Lipinski definition) is 0. The van der Waals surface area contributed by atoms with E-state index < -0.39 is 0 Å². The highest BCUT2D eigenvalue weighted by Gasteiger charge is 1.61. The molecule has 0 saturated carbocycles. The van der Waals surface area contributed by atoms with Crippen LogP contribution < -0.4 is 0 Å². The normalized spacial score (nSPS) is 8.00. The van der Waals surface area contributed by atoms with E-state index in [4.69, 9.17) is 0 Å². The molecule has 1 aromatic rings. The van der Waals surface area contributed by atoms with Crippen molar-refractivity contribution in [3.8, 4) is 0 Å². The Hall–Kier alpha value is -0.226. The van der Waals surface area contributed by atoms with Crippen molar-refractivity contribution in [2.24, 2.45) is 0 Å². The zero-order chi connectivity index (χ0) is 4.24. The molecule has 6 heavy (non-hydrogen) atoms. The van der Waals surface area contributed by atoms with E-state index in [0.29, 0.717) is 17.6 Å². The molecule has 0 fully saturated rings. The Balaban J connectivity index is 3.00. The molecule has 0 spiro atoms. The number of rotatable bonds is 0. The molecule has 0 aliphatic rings. The summed E-state index contributed by atoms with van der Waals surface area (Å²) in [6.45, 7) is 0. The molecule has 0 unspecified atom stereocenters. The summed E-state index contributed by atoms with van der Waals surface area (Å²) in [5.74, 6) is 0. The van der Waals surface area contributed by atoms with Crippen LogP contribution in [0.1, 0.15) is 0 Å². The molecular weight excluding hydrogens is 108 g/mol. The second kappa shape index (κ2) is 2.04. The van der Waals surface area contributed by atoms with Gasteiger partial charge in [-0.05, 0) is 0 Å². The van der Waals surface area contributed by atoms with Gasteiger partial charge in [0.1, 0.15) is 17.6 Å². The molecule has 0 atom stereocenters. The van der Waals surface area contributed by atoms with Crippen LogP contribution in [0, 0.1) is 0 Å². The number of hydrogen-bond acceptors (Lipinski definition) is 2. The molecule has 1 aromatic heterocycles. The highest BCUT2D eigenvalue weighted by molar-refractivity contribution is 6.73. The van der Waals surface area contributed by atoms with E-state index >= 15 is 0 Å². The van der Waals surface area contributed by atoms with Crippen LogP contribution in [0.5, 0.6) is 0 Å². The average molecular weight is 112 g/mol. The molecular formula is C2H4N2Si2. The quantitative estimate of drug-likeness (QED) is 0.386. The van der Waals surface area contributed by atoms with Gasteiger partial charge in [-0.2, -0.15) is 0 Å². The molecule has 0 saturated heterocycles. The Morgan fingerprint density at radius 1 is 1.00 bits per heavy atom. The average Bonchev–Trinajstić information content (AvgIpc) is 1.72. The zero-order valence-electron chi connectivity index (χ0n) is 3.20.